The molecule has 2 atom stereocenters. The van der Waals surface area contributed by atoms with Crippen molar-refractivity contribution >= 4 is 17.3 Å². The highest BCUT2D eigenvalue weighted by atomic mass is 32.1. The van der Waals surface area contributed by atoms with Gasteiger partial charge < -0.3 is 23.9 Å². The number of thiocarbonyl (C=S) groups is 1. The van der Waals surface area contributed by atoms with E-state index in [-0.39, 0.29) is 12.1 Å². The van der Waals surface area contributed by atoms with Gasteiger partial charge in [-0.15, -0.1) is 0 Å². The van der Waals surface area contributed by atoms with Crippen molar-refractivity contribution in [3.05, 3.63) is 108 Å². The Morgan fingerprint density at radius 3 is 2.62 bits per heavy atom. The van der Waals surface area contributed by atoms with Crippen molar-refractivity contribution in [2.75, 3.05) is 7.11 Å². The van der Waals surface area contributed by atoms with Gasteiger partial charge in [-0.25, -0.2) is 0 Å². The van der Waals surface area contributed by atoms with Gasteiger partial charge in [-0.1, -0.05) is 18.2 Å². The molecule has 0 unspecified atom stereocenters. The Hall–Kier alpha value is -3.58. The minimum absolute atomic E-state index is 0.0236. The molecule has 4 aromatic rings. The Balaban J connectivity index is 1.52. The van der Waals surface area contributed by atoms with Crippen molar-refractivity contribution in [3.8, 4) is 5.75 Å². The molecule has 1 fully saturated rings. The Labute approximate surface area is 192 Å². The second-order valence-corrected chi connectivity index (χ2v) is 8.13. The smallest absolute Gasteiger partial charge is 0.170 e. The predicted molar refractivity (Wildman–Crippen MR) is 126 cm³/mol. The third-order valence-corrected chi connectivity index (χ3v) is 6.14. The molecule has 0 aliphatic carbocycles. The van der Waals surface area contributed by atoms with E-state index in [1.54, 1.807) is 13.4 Å². The maximum Gasteiger partial charge on any atom is 0.170 e. The maximum absolute atomic E-state index is 5.81. The molecule has 1 aliphatic heterocycles. The van der Waals surface area contributed by atoms with E-state index in [2.05, 4.69) is 50.2 Å². The lowest BCUT2D eigenvalue weighted by molar-refractivity contribution is 0.296. The number of hydrogen-bond donors (Lipinski definition) is 1. The first-order valence-electron chi connectivity index (χ1n) is 10.5. The van der Waals surface area contributed by atoms with Crippen LogP contribution in [0.5, 0.6) is 5.75 Å². The van der Waals surface area contributed by atoms with Crippen LogP contribution in [0.2, 0.25) is 0 Å². The number of nitrogens with one attached hydrogen (secondary N) is 1. The normalized spacial score (nSPS) is 18.0. The molecule has 3 aromatic heterocycles. The van der Waals surface area contributed by atoms with Crippen LogP contribution in [0.25, 0.3) is 0 Å². The van der Waals surface area contributed by atoms with Crippen LogP contribution in [-0.4, -0.2) is 26.7 Å². The van der Waals surface area contributed by atoms with E-state index in [0.717, 1.165) is 28.5 Å². The molecule has 0 amide bonds. The Bertz CT molecular complexity index is 1170. The summed E-state index contributed by atoms with van der Waals surface area (Å²) < 4.78 is 13.1. The largest absolute Gasteiger partial charge is 0.497 e. The molecule has 0 saturated carbocycles. The summed E-state index contributed by atoms with van der Waals surface area (Å²) in [6, 6.07) is 22.1. The van der Waals surface area contributed by atoms with Gasteiger partial charge in [0.05, 0.1) is 37.7 Å². The first-order valence-corrected chi connectivity index (χ1v) is 10.9. The average molecular weight is 445 g/mol. The fourth-order valence-corrected chi connectivity index (χ4v) is 4.54. The minimum atomic E-state index is -0.0628. The number of methoxy groups -OCH3 is 1. The van der Waals surface area contributed by atoms with Crippen molar-refractivity contribution in [2.24, 2.45) is 0 Å². The molecule has 1 aromatic carbocycles. The van der Waals surface area contributed by atoms with E-state index in [9.17, 15) is 0 Å². The number of furan rings is 1. The second kappa shape index (κ2) is 8.88. The van der Waals surface area contributed by atoms with Crippen LogP contribution in [0.15, 0.2) is 89.8 Å². The van der Waals surface area contributed by atoms with Crippen molar-refractivity contribution in [1.29, 1.82) is 0 Å². The highest BCUT2D eigenvalue weighted by Gasteiger charge is 2.41. The van der Waals surface area contributed by atoms with Crippen LogP contribution in [0, 0.1) is 0 Å². The lowest BCUT2D eigenvalue weighted by Crippen LogP contribution is -2.30. The van der Waals surface area contributed by atoms with Crippen molar-refractivity contribution in [3.63, 3.8) is 0 Å². The van der Waals surface area contributed by atoms with Gasteiger partial charge in [-0.05, 0) is 66.3 Å². The fraction of sp³-hybridized carbons (Fsp3) is 0.200. The molecule has 1 aliphatic rings. The summed E-state index contributed by atoms with van der Waals surface area (Å²) in [5.41, 5.74) is 3.27. The molecule has 7 heteroatoms. The summed E-state index contributed by atoms with van der Waals surface area (Å²) in [6.45, 7) is 1.33. The third kappa shape index (κ3) is 3.99. The second-order valence-electron chi connectivity index (χ2n) is 7.74. The monoisotopic (exact) mass is 444 g/mol. The summed E-state index contributed by atoms with van der Waals surface area (Å²) in [4.78, 5) is 6.87. The molecular formula is C25H24N4O2S. The molecule has 32 heavy (non-hydrogen) atoms. The van der Waals surface area contributed by atoms with Crippen LogP contribution in [0.1, 0.15) is 34.8 Å². The van der Waals surface area contributed by atoms with E-state index < -0.39 is 0 Å². The SMILES string of the molecule is COc1ccc(CN2C(=S)N[C@H](c3ccccn3)[C@@H]2c2cccn2Cc2ccco2)cc1. The van der Waals surface area contributed by atoms with Crippen molar-refractivity contribution in [1.82, 2.24) is 19.8 Å². The lowest BCUT2D eigenvalue weighted by Gasteiger charge is -2.29. The van der Waals surface area contributed by atoms with Gasteiger partial charge in [0.25, 0.3) is 0 Å². The zero-order valence-corrected chi connectivity index (χ0v) is 18.5. The fourth-order valence-electron chi connectivity index (χ4n) is 4.24. The molecule has 5 rings (SSSR count). The number of hydrogen-bond acceptors (Lipinski definition) is 4. The molecule has 162 valence electrons. The number of nitrogens with zero attached hydrogens (tertiary/aromatic N) is 3. The summed E-state index contributed by atoms with van der Waals surface area (Å²) in [7, 11) is 1.68. The van der Waals surface area contributed by atoms with Crippen LogP contribution in [0.4, 0.5) is 0 Å². The van der Waals surface area contributed by atoms with Gasteiger partial charge in [-0.3, -0.25) is 4.98 Å². The average Bonchev–Trinajstić information content (AvgIpc) is 3.57. The molecule has 1 N–H and O–H groups in total. The van der Waals surface area contributed by atoms with Gasteiger partial charge in [0, 0.05) is 24.6 Å². The van der Waals surface area contributed by atoms with Crippen LogP contribution < -0.4 is 10.1 Å². The number of pyridine rings is 1. The molecule has 0 bridgehead atoms. The number of benzene rings is 1. The summed E-state index contributed by atoms with van der Waals surface area (Å²) in [5.74, 6) is 1.75. The van der Waals surface area contributed by atoms with E-state index in [1.807, 2.05) is 48.7 Å². The third-order valence-electron chi connectivity index (χ3n) is 5.78. The van der Waals surface area contributed by atoms with Crippen LogP contribution >= 0.6 is 12.2 Å². The Morgan fingerprint density at radius 2 is 1.91 bits per heavy atom. The molecule has 0 spiro atoms. The van der Waals surface area contributed by atoms with Gasteiger partial charge in [0.15, 0.2) is 5.11 Å². The van der Waals surface area contributed by atoms with E-state index in [1.165, 1.54) is 0 Å². The van der Waals surface area contributed by atoms with Gasteiger partial charge >= 0.3 is 0 Å². The predicted octanol–water partition coefficient (Wildman–Crippen LogP) is 4.71. The maximum atomic E-state index is 5.81. The van der Waals surface area contributed by atoms with Crippen LogP contribution in [-0.2, 0) is 13.1 Å². The van der Waals surface area contributed by atoms with Crippen LogP contribution in [0.3, 0.4) is 0 Å². The molecule has 0 radical (unpaired) electrons. The Kier molecular flexibility index (Phi) is 5.64. The molecule has 1 saturated heterocycles. The minimum Gasteiger partial charge on any atom is -0.497 e. The number of ether oxygens (including phenoxy) is 1. The molecular weight excluding hydrogens is 420 g/mol. The summed E-state index contributed by atoms with van der Waals surface area (Å²) in [5, 5.41) is 4.24. The quantitative estimate of drug-likeness (QED) is 0.417. The number of aromatic nitrogens is 2. The topological polar surface area (TPSA) is 55.5 Å². The first kappa shape index (κ1) is 20.3. The lowest BCUT2D eigenvalue weighted by atomic mass is 10.0. The Morgan fingerprint density at radius 1 is 1.03 bits per heavy atom. The van der Waals surface area contributed by atoms with Gasteiger partial charge in [-0.2, -0.15) is 0 Å². The van der Waals surface area contributed by atoms with E-state index >= 15 is 0 Å². The van der Waals surface area contributed by atoms with Gasteiger partial charge in [0.1, 0.15) is 11.5 Å². The standard InChI is InChI=1S/C25H24N4O2S/c1-30-19-11-9-18(10-12-19)16-29-24(23(27-25(29)32)21-7-2-3-13-26-21)22-8-4-14-28(22)17-20-6-5-15-31-20/h2-15,23-24H,16-17H2,1H3,(H,27,32)/t23-,24+/m1/s1. The van der Waals surface area contributed by atoms with Crippen molar-refractivity contribution in [2.45, 2.75) is 25.2 Å². The van der Waals surface area contributed by atoms with Gasteiger partial charge in [0.2, 0.25) is 0 Å². The first-order chi connectivity index (χ1) is 15.7. The number of rotatable bonds is 7. The summed E-state index contributed by atoms with van der Waals surface area (Å²) in [6.07, 6.45) is 5.61. The zero-order valence-electron chi connectivity index (χ0n) is 17.7. The van der Waals surface area contributed by atoms with E-state index in [4.69, 9.17) is 21.4 Å². The highest BCUT2D eigenvalue weighted by Crippen LogP contribution is 2.39. The van der Waals surface area contributed by atoms with Crippen molar-refractivity contribution < 1.29 is 9.15 Å². The zero-order chi connectivity index (χ0) is 21.9. The van der Waals surface area contributed by atoms with E-state index in [0.29, 0.717) is 18.2 Å². The highest BCUT2D eigenvalue weighted by molar-refractivity contribution is 7.80. The summed E-state index contributed by atoms with van der Waals surface area (Å²) >= 11 is 5.81. The molecule has 4 heterocycles. The molecule has 6 nitrogen and oxygen atoms in total.